The topological polar surface area (TPSA) is 113 Å². The number of fused-ring (bicyclic) bond motifs is 1. The smallest absolute Gasteiger partial charge is 0.411 e. The van der Waals surface area contributed by atoms with Crippen molar-refractivity contribution in [2.45, 2.75) is 64.2 Å². The molecular weight excluding hydrogens is 464 g/mol. The van der Waals surface area contributed by atoms with Gasteiger partial charge in [0, 0.05) is 12.6 Å². The van der Waals surface area contributed by atoms with Crippen molar-refractivity contribution in [3.05, 3.63) is 29.3 Å². The van der Waals surface area contributed by atoms with Crippen molar-refractivity contribution in [2.75, 3.05) is 6.54 Å². The fraction of sp³-hybridized carbons (Fsp3) is 0.591. The second-order valence-electron chi connectivity index (χ2n) is 9.36. The fourth-order valence-corrected chi connectivity index (χ4v) is 4.44. The van der Waals surface area contributed by atoms with Crippen molar-refractivity contribution in [1.29, 1.82) is 0 Å². The lowest BCUT2D eigenvalue weighted by Gasteiger charge is -2.46. The molecule has 3 rings (SSSR count). The van der Waals surface area contributed by atoms with Gasteiger partial charge < -0.3 is 19.7 Å². The van der Waals surface area contributed by atoms with E-state index in [9.17, 15) is 33.4 Å². The number of carboxylic acid groups (broad SMARTS) is 2. The molecule has 0 bridgehead atoms. The Morgan fingerprint density at radius 3 is 2.24 bits per heavy atom. The number of aliphatic carboxylic acids is 1. The molecule has 1 heterocycles. The van der Waals surface area contributed by atoms with Gasteiger partial charge in [0.05, 0.1) is 6.10 Å². The first-order chi connectivity index (χ1) is 14.9. The summed E-state index contributed by atoms with van der Waals surface area (Å²) in [5.74, 6) is -5.39. The number of ether oxygens (including phenoxy) is 2. The SMILES string of the molecule is CC(C)(C)OC(=O)N1C[C@@H]2CC[C@H](Oc3cc(F)c(F)cc3C(=O)O)C[C@@H]2C[C@H]1C(=O)O.Cl. The van der Waals surface area contributed by atoms with E-state index in [0.717, 1.165) is 6.07 Å². The molecule has 2 aliphatic rings. The number of likely N-dealkylation sites (tertiary alicyclic amines) is 1. The first kappa shape index (κ1) is 26.6. The summed E-state index contributed by atoms with van der Waals surface area (Å²) in [5, 5.41) is 18.9. The van der Waals surface area contributed by atoms with Crippen LogP contribution < -0.4 is 4.74 Å². The van der Waals surface area contributed by atoms with Crippen molar-refractivity contribution in [1.82, 2.24) is 4.90 Å². The van der Waals surface area contributed by atoms with Gasteiger partial charge in [0.15, 0.2) is 11.6 Å². The molecule has 0 unspecified atom stereocenters. The van der Waals surface area contributed by atoms with Gasteiger partial charge >= 0.3 is 18.0 Å². The van der Waals surface area contributed by atoms with E-state index in [1.165, 1.54) is 4.90 Å². The number of nitrogens with zero attached hydrogens (tertiary/aromatic N) is 1. The minimum atomic E-state index is -1.44. The summed E-state index contributed by atoms with van der Waals surface area (Å²) in [6.07, 6.45) is 0.556. The molecule has 184 valence electrons. The molecule has 4 atom stereocenters. The van der Waals surface area contributed by atoms with Gasteiger partial charge in [0.1, 0.15) is 23.0 Å². The van der Waals surface area contributed by atoms with Crippen LogP contribution in [0.5, 0.6) is 5.75 Å². The second kappa shape index (κ2) is 10.1. The van der Waals surface area contributed by atoms with Gasteiger partial charge in [0.2, 0.25) is 0 Å². The van der Waals surface area contributed by atoms with E-state index in [-0.39, 0.29) is 43.0 Å². The Bertz CT molecular complexity index is 921. The number of carboxylic acids is 2. The van der Waals surface area contributed by atoms with E-state index in [1.54, 1.807) is 20.8 Å². The van der Waals surface area contributed by atoms with Crippen LogP contribution >= 0.6 is 12.4 Å². The molecule has 1 saturated heterocycles. The number of piperidine rings is 1. The normalized spacial score (nSPS) is 24.8. The molecule has 1 aromatic rings. The van der Waals surface area contributed by atoms with E-state index in [4.69, 9.17) is 9.47 Å². The molecule has 2 fully saturated rings. The number of carbonyl (C=O) groups excluding carboxylic acids is 1. The van der Waals surface area contributed by atoms with Gasteiger partial charge in [0.25, 0.3) is 0 Å². The highest BCUT2D eigenvalue weighted by molar-refractivity contribution is 5.90. The molecule has 11 heteroatoms. The molecule has 1 aliphatic heterocycles. The van der Waals surface area contributed by atoms with Crippen LogP contribution in [0, 0.1) is 23.5 Å². The fourth-order valence-electron chi connectivity index (χ4n) is 4.44. The number of aromatic carboxylic acids is 1. The minimum Gasteiger partial charge on any atom is -0.489 e. The zero-order chi connectivity index (χ0) is 23.8. The standard InChI is InChI=1S/C22H27F2NO7.ClH/c1-22(2,3)32-21(30)25-10-11-4-5-13(6-12(11)7-17(25)20(28)29)31-18-9-16(24)15(23)8-14(18)19(26)27;/h8-9,11-13,17H,4-7,10H2,1-3H3,(H,26,27)(H,28,29);1H/t11-,12+,13-,17-;/m0./s1. The molecule has 0 aromatic heterocycles. The third-order valence-corrected chi connectivity index (χ3v) is 5.88. The predicted molar refractivity (Wildman–Crippen MR) is 115 cm³/mol. The van der Waals surface area contributed by atoms with Crippen LogP contribution in [0.2, 0.25) is 0 Å². The maximum atomic E-state index is 13.7. The van der Waals surface area contributed by atoms with Crippen molar-refractivity contribution in [3.8, 4) is 5.75 Å². The summed E-state index contributed by atoms with van der Waals surface area (Å²) < 4.78 is 38.2. The molecular formula is C22H28ClF2NO7. The number of hydrogen-bond acceptors (Lipinski definition) is 5. The van der Waals surface area contributed by atoms with Gasteiger partial charge in [-0.05, 0) is 64.4 Å². The maximum absolute atomic E-state index is 13.7. The van der Waals surface area contributed by atoms with Gasteiger partial charge in [-0.3, -0.25) is 4.90 Å². The van der Waals surface area contributed by atoms with E-state index >= 15 is 0 Å². The average Bonchev–Trinajstić information content (AvgIpc) is 2.67. The highest BCUT2D eigenvalue weighted by Crippen LogP contribution is 2.41. The van der Waals surface area contributed by atoms with Gasteiger partial charge in [-0.2, -0.15) is 0 Å². The second-order valence-corrected chi connectivity index (χ2v) is 9.36. The summed E-state index contributed by atoms with van der Waals surface area (Å²) in [6.45, 7) is 5.35. The summed E-state index contributed by atoms with van der Waals surface area (Å²) in [7, 11) is 0. The Morgan fingerprint density at radius 1 is 1.03 bits per heavy atom. The van der Waals surface area contributed by atoms with Crippen LogP contribution in [0.25, 0.3) is 0 Å². The van der Waals surface area contributed by atoms with Gasteiger partial charge in [-0.25, -0.2) is 23.2 Å². The van der Waals surface area contributed by atoms with Crippen LogP contribution in [-0.4, -0.2) is 57.4 Å². The molecule has 1 amide bonds. The van der Waals surface area contributed by atoms with Crippen LogP contribution in [0.15, 0.2) is 12.1 Å². The Morgan fingerprint density at radius 2 is 1.67 bits per heavy atom. The first-order valence-corrected chi connectivity index (χ1v) is 10.5. The first-order valence-electron chi connectivity index (χ1n) is 10.5. The van der Waals surface area contributed by atoms with E-state index in [1.807, 2.05) is 0 Å². The predicted octanol–water partition coefficient (Wildman–Crippen LogP) is 4.34. The quantitative estimate of drug-likeness (QED) is 0.644. The lowest BCUT2D eigenvalue weighted by molar-refractivity contribution is -0.147. The molecule has 1 aliphatic carbocycles. The van der Waals surface area contributed by atoms with E-state index in [2.05, 4.69) is 0 Å². The Kier molecular flexibility index (Phi) is 8.16. The lowest BCUT2D eigenvalue weighted by atomic mass is 9.72. The Hall–Kier alpha value is -2.62. The number of hydrogen-bond donors (Lipinski definition) is 2. The van der Waals surface area contributed by atoms with Crippen LogP contribution in [0.1, 0.15) is 56.8 Å². The molecule has 0 radical (unpaired) electrons. The molecule has 2 N–H and O–H groups in total. The highest BCUT2D eigenvalue weighted by Gasteiger charge is 2.45. The average molecular weight is 492 g/mol. The van der Waals surface area contributed by atoms with Crippen molar-refractivity contribution < 1.29 is 42.9 Å². The Balaban J connectivity index is 0.00000385. The third-order valence-electron chi connectivity index (χ3n) is 5.88. The molecule has 1 saturated carbocycles. The number of benzene rings is 1. The summed E-state index contributed by atoms with van der Waals surface area (Å²) in [6, 6.07) is 0.247. The number of rotatable bonds is 4. The summed E-state index contributed by atoms with van der Waals surface area (Å²) in [4.78, 5) is 37.1. The number of amides is 1. The number of halogens is 3. The van der Waals surface area contributed by atoms with Gasteiger partial charge in [-0.15, -0.1) is 12.4 Å². The molecule has 1 aromatic carbocycles. The molecule has 0 spiro atoms. The molecule has 8 nitrogen and oxygen atoms in total. The zero-order valence-corrected chi connectivity index (χ0v) is 19.4. The van der Waals surface area contributed by atoms with Crippen molar-refractivity contribution in [3.63, 3.8) is 0 Å². The highest BCUT2D eigenvalue weighted by atomic mass is 35.5. The van der Waals surface area contributed by atoms with E-state index in [0.29, 0.717) is 25.3 Å². The van der Waals surface area contributed by atoms with Crippen LogP contribution in [0.3, 0.4) is 0 Å². The number of carbonyl (C=O) groups is 3. The minimum absolute atomic E-state index is 0. The summed E-state index contributed by atoms with van der Waals surface area (Å²) in [5.41, 5.74) is -1.23. The van der Waals surface area contributed by atoms with Gasteiger partial charge in [-0.1, -0.05) is 0 Å². The largest absolute Gasteiger partial charge is 0.489 e. The lowest BCUT2D eigenvalue weighted by Crippen LogP contribution is -2.56. The molecule has 33 heavy (non-hydrogen) atoms. The third kappa shape index (κ3) is 6.25. The van der Waals surface area contributed by atoms with Crippen molar-refractivity contribution >= 4 is 30.4 Å². The maximum Gasteiger partial charge on any atom is 0.411 e. The van der Waals surface area contributed by atoms with Crippen molar-refractivity contribution in [2.24, 2.45) is 11.8 Å². The zero-order valence-electron chi connectivity index (χ0n) is 18.5. The Labute approximate surface area is 196 Å². The van der Waals surface area contributed by atoms with Crippen LogP contribution in [-0.2, 0) is 9.53 Å². The van der Waals surface area contributed by atoms with Crippen LogP contribution in [0.4, 0.5) is 13.6 Å². The van der Waals surface area contributed by atoms with E-state index < -0.39 is 53.0 Å². The monoisotopic (exact) mass is 491 g/mol. The summed E-state index contributed by atoms with van der Waals surface area (Å²) >= 11 is 0.